The van der Waals surface area contributed by atoms with Crippen LogP contribution in [-0.2, 0) is 6.54 Å². The quantitative estimate of drug-likeness (QED) is 0.772. The Labute approximate surface area is 129 Å². The molecular formula is C16H17Cl2NO. The van der Waals surface area contributed by atoms with Gasteiger partial charge in [-0.25, -0.2) is 0 Å². The first-order valence-corrected chi connectivity index (χ1v) is 7.34. The molecule has 0 saturated carbocycles. The lowest BCUT2D eigenvalue weighted by molar-refractivity contribution is 0.317. The molecule has 0 bridgehead atoms. The predicted octanol–water partition coefficient (Wildman–Crippen LogP) is 5.39. The molecule has 2 aromatic rings. The summed E-state index contributed by atoms with van der Waals surface area (Å²) in [5, 5.41) is 4.63. The van der Waals surface area contributed by atoms with Crippen LogP contribution in [0.3, 0.4) is 0 Å². The van der Waals surface area contributed by atoms with Crippen LogP contribution in [0.25, 0.3) is 0 Å². The fourth-order valence-corrected chi connectivity index (χ4v) is 2.38. The highest BCUT2D eigenvalue weighted by molar-refractivity contribution is 6.34. The maximum absolute atomic E-state index is 5.97. The Bertz CT molecular complexity index is 535. The largest absolute Gasteiger partial charge is 0.494 e. The molecule has 0 fully saturated rings. The van der Waals surface area contributed by atoms with E-state index in [1.807, 2.05) is 36.4 Å². The second-order valence-electron chi connectivity index (χ2n) is 4.50. The summed E-state index contributed by atoms with van der Waals surface area (Å²) in [5.41, 5.74) is 2.08. The second kappa shape index (κ2) is 7.41. The summed E-state index contributed by atoms with van der Waals surface area (Å²) < 4.78 is 5.54. The van der Waals surface area contributed by atoms with Crippen molar-refractivity contribution in [1.82, 2.24) is 0 Å². The smallest absolute Gasteiger partial charge is 0.119 e. The number of anilines is 1. The van der Waals surface area contributed by atoms with Gasteiger partial charge in [-0.2, -0.15) is 0 Å². The molecule has 2 rings (SSSR count). The second-order valence-corrected chi connectivity index (χ2v) is 5.38. The van der Waals surface area contributed by atoms with E-state index in [9.17, 15) is 0 Å². The fourth-order valence-electron chi connectivity index (χ4n) is 1.81. The molecule has 106 valence electrons. The summed E-state index contributed by atoms with van der Waals surface area (Å²) in [6.45, 7) is 3.51. The van der Waals surface area contributed by atoms with Gasteiger partial charge in [-0.3, -0.25) is 0 Å². The Morgan fingerprint density at radius 3 is 2.25 bits per heavy atom. The summed E-state index contributed by atoms with van der Waals surface area (Å²) >= 11 is 11.9. The molecule has 20 heavy (non-hydrogen) atoms. The zero-order chi connectivity index (χ0) is 14.4. The summed E-state index contributed by atoms with van der Waals surface area (Å²) in [5.74, 6) is 0.892. The molecule has 0 atom stereocenters. The van der Waals surface area contributed by atoms with E-state index < -0.39 is 0 Å². The Morgan fingerprint density at radius 2 is 1.65 bits per heavy atom. The van der Waals surface area contributed by atoms with Gasteiger partial charge in [0.25, 0.3) is 0 Å². The number of hydrogen-bond acceptors (Lipinski definition) is 2. The summed E-state index contributed by atoms with van der Waals surface area (Å²) in [4.78, 5) is 0. The van der Waals surface area contributed by atoms with Crippen LogP contribution in [0.1, 0.15) is 18.9 Å². The molecule has 0 amide bonds. The summed E-state index contributed by atoms with van der Waals surface area (Å²) in [6, 6.07) is 13.4. The van der Waals surface area contributed by atoms with E-state index in [2.05, 4.69) is 12.2 Å². The molecule has 0 radical (unpaired) electrons. The summed E-state index contributed by atoms with van der Waals surface area (Å²) in [7, 11) is 0. The van der Waals surface area contributed by atoms with E-state index in [-0.39, 0.29) is 0 Å². The SMILES string of the molecule is CCCOc1ccc(NCc2cc(Cl)cc(Cl)c2)cc1. The average Bonchev–Trinajstić information content (AvgIpc) is 2.43. The van der Waals surface area contributed by atoms with Crippen molar-refractivity contribution in [3.63, 3.8) is 0 Å². The molecule has 0 aliphatic rings. The van der Waals surface area contributed by atoms with Crippen LogP contribution in [0.2, 0.25) is 10.0 Å². The molecule has 0 aliphatic carbocycles. The molecule has 0 spiro atoms. The van der Waals surface area contributed by atoms with Crippen LogP contribution < -0.4 is 10.1 Å². The zero-order valence-electron chi connectivity index (χ0n) is 11.3. The average molecular weight is 310 g/mol. The lowest BCUT2D eigenvalue weighted by atomic mass is 10.2. The molecule has 0 aliphatic heterocycles. The standard InChI is InChI=1S/C16H17Cl2NO/c1-2-7-20-16-5-3-15(4-6-16)19-11-12-8-13(17)10-14(18)9-12/h3-6,8-10,19H,2,7,11H2,1H3. The third-order valence-electron chi connectivity index (χ3n) is 2.75. The first kappa shape index (κ1) is 15.0. The minimum atomic E-state index is 0.651. The molecule has 0 aromatic heterocycles. The van der Waals surface area contributed by atoms with Gasteiger partial charge in [0.15, 0.2) is 0 Å². The molecule has 0 heterocycles. The lowest BCUT2D eigenvalue weighted by Gasteiger charge is -2.09. The van der Waals surface area contributed by atoms with Gasteiger partial charge >= 0.3 is 0 Å². The van der Waals surface area contributed by atoms with Crippen LogP contribution in [0.4, 0.5) is 5.69 Å². The van der Waals surface area contributed by atoms with Gasteiger partial charge in [0.1, 0.15) is 5.75 Å². The van der Waals surface area contributed by atoms with Crippen molar-refractivity contribution in [3.05, 3.63) is 58.1 Å². The van der Waals surface area contributed by atoms with Gasteiger partial charge < -0.3 is 10.1 Å². The molecule has 2 aromatic carbocycles. The molecule has 1 N–H and O–H groups in total. The highest BCUT2D eigenvalue weighted by Gasteiger charge is 1.99. The Balaban J connectivity index is 1.93. The van der Waals surface area contributed by atoms with Gasteiger partial charge in [-0.15, -0.1) is 0 Å². The minimum absolute atomic E-state index is 0.651. The number of rotatable bonds is 6. The maximum Gasteiger partial charge on any atom is 0.119 e. The van der Waals surface area contributed by atoms with E-state index in [1.54, 1.807) is 6.07 Å². The van der Waals surface area contributed by atoms with Gasteiger partial charge in [0, 0.05) is 22.3 Å². The normalized spacial score (nSPS) is 10.3. The van der Waals surface area contributed by atoms with Gasteiger partial charge in [-0.05, 0) is 54.4 Å². The van der Waals surface area contributed by atoms with Crippen molar-refractivity contribution in [1.29, 1.82) is 0 Å². The first-order valence-electron chi connectivity index (χ1n) is 6.59. The molecule has 0 saturated heterocycles. The van der Waals surface area contributed by atoms with Crippen LogP contribution in [0, 0.1) is 0 Å². The monoisotopic (exact) mass is 309 g/mol. The Morgan fingerprint density at radius 1 is 1.00 bits per heavy atom. The van der Waals surface area contributed by atoms with Gasteiger partial charge in [0.2, 0.25) is 0 Å². The highest BCUT2D eigenvalue weighted by atomic mass is 35.5. The highest BCUT2D eigenvalue weighted by Crippen LogP contribution is 2.21. The topological polar surface area (TPSA) is 21.3 Å². The van der Waals surface area contributed by atoms with Crippen molar-refractivity contribution in [2.45, 2.75) is 19.9 Å². The van der Waals surface area contributed by atoms with Crippen LogP contribution in [0.15, 0.2) is 42.5 Å². The maximum atomic E-state index is 5.97. The van der Waals surface area contributed by atoms with Crippen molar-refractivity contribution >= 4 is 28.9 Å². The Hall–Kier alpha value is -1.38. The number of halogens is 2. The van der Waals surface area contributed by atoms with E-state index in [1.165, 1.54) is 0 Å². The van der Waals surface area contributed by atoms with Crippen LogP contribution in [-0.4, -0.2) is 6.61 Å². The van der Waals surface area contributed by atoms with Crippen molar-refractivity contribution in [2.75, 3.05) is 11.9 Å². The number of nitrogens with one attached hydrogen (secondary N) is 1. The van der Waals surface area contributed by atoms with Gasteiger partial charge in [0.05, 0.1) is 6.61 Å². The molecule has 2 nitrogen and oxygen atoms in total. The number of ether oxygens (including phenoxy) is 1. The van der Waals surface area contributed by atoms with E-state index in [4.69, 9.17) is 27.9 Å². The Kier molecular flexibility index (Phi) is 5.57. The van der Waals surface area contributed by atoms with E-state index in [0.717, 1.165) is 30.0 Å². The molecule has 4 heteroatoms. The number of hydrogen-bond donors (Lipinski definition) is 1. The van der Waals surface area contributed by atoms with E-state index in [0.29, 0.717) is 16.6 Å². The van der Waals surface area contributed by atoms with Gasteiger partial charge in [-0.1, -0.05) is 30.1 Å². The third-order valence-corrected chi connectivity index (χ3v) is 3.18. The van der Waals surface area contributed by atoms with Crippen LogP contribution in [0.5, 0.6) is 5.75 Å². The minimum Gasteiger partial charge on any atom is -0.494 e. The van der Waals surface area contributed by atoms with E-state index >= 15 is 0 Å². The summed E-state index contributed by atoms with van der Waals surface area (Å²) in [6.07, 6.45) is 1.01. The predicted molar refractivity (Wildman–Crippen MR) is 86.0 cm³/mol. The lowest BCUT2D eigenvalue weighted by Crippen LogP contribution is -2.00. The first-order chi connectivity index (χ1) is 9.67. The van der Waals surface area contributed by atoms with Crippen LogP contribution >= 0.6 is 23.2 Å². The molecule has 0 unspecified atom stereocenters. The van der Waals surface area contributed by atoms with Crippen molar-refractivity contribution in [2.24, 2.45) is 0 Å². The fraction of sp³-hybridized carbons (Fsp3) is 0.250. The van der Waals surface area contributed by atoms with Crippen molar-refractivity contribution < 1.29 is 4.74 Å². The molecular weight excluding hydrogens is 293 g/mol. The number of benzene rings is 2. The zero-order valence-corrected chi connectivity index (χ0v) is 12.8. The van der Waals surface area contributed by atoms with Crippen molar-refractivity contribution in [3.8, 4) is 5.75 Å². The third kappa shape index (κ3) is 4.62.